The molecule has 2 N–H and O–H groups in total. The Morgan fingerprint density at radius 1 is 1.54 bits per heavy atom. The van der Waals surface area contributed by atoms with Gasteiger partial charge in [-0.1, -0.05) is 35.0 Å². The molecule has 0 amide bonds. The van der Waals surface area contributed by atoms with Crippen LogP contribution in [0, 0.1) is 0 Å². The molecule has 0 aliphatic heterocycles. The molecule has 1 aromatic carbocycles. The average Bonchev–Trinajstić information content (AvgIpc) is 2.14. The average molecular weight is 244 g/mol. The van der Waals surface area contributed by atoms with Crippen molar-refractivity contribution in [2.45, 2.75) is 13.0 Å². The molecule has 0 bridgehead atoms. The number of likely N-dealkylation sites (N-methyl/N-ethyl adjacent to an activating group) is 1. The Hall–Kier alpha value is -0.380. The lowest BCUT2D eigenvalue weighted by Crippen LogP contribution is -2.23. The van der Waals surface area contributed by atoms with Crippen molar-refractivity contribution in [1.82, 2.24) is 5.32 Å². The molecule has 0 aliphatic carbocycles. The first-order chi connectivity index (χ1) is 6.27. The molecule has 0 radical (unpaired) electrons. The second-order valence-electron chi connectivity index (χ2n) is 2.85. The maximum absolute atomic E-state index is 9.12. The lowest BCUT2D eigenvalue weighted by atomic mass is 10.1. The van der Waals surface area contributed by atoms with Crippen molar-refractivity contribution in [1.29, 1.82) is 0 Å². The van der Waals surface area contributed by atoms with Crippen LogP contribution in [-0.2, 0) is 0 Å². The second kappa shape index (κ2) is 5.37. The predicted octanol–water partition coefficient (Wildman–Crippen LogP) is 2.09. The molecule has 13 heavy (non-hydrogen) atoms. The summed E-state index contributed by atoms with van der Waals surface area (Å²) in [5.74, 6) is 0. The lowest BCUT2D eigenvalue weighted by molar-refractivity contribution is 0.246. The van der Waals surface area contributed by atoms with Crippen molar-refractivity contribution in [3.05, 3.63) is 34.3 Å². The molecular formula is C10H14BrNO. The molecule has 0 spiro atoms. The van der Waals surface area contributed by atoms with E-state index in [1.807, 2.05) is 31.2 Å². The molecule has 1 atom stereocenters. The highest BCUT2D eigenvalue weighted by Gasteiger charge is 2.07. The number of halogens is 1. The zero-order chi connectivity index (χ0) is 9.68. The van der Waals surface area contributed by atoms with Gasteiger partial charge in [0.2, 0.25) is 0 Å². The summed E-state index contributed by atoms with van der Waals surface area (Å²) in [6.07, 6.45) is 0. The third kappa shape index (κ3) is 3.10. The van der Waals surface area contributed by atoms with Crippen LogP contribution < -0.4 is 5.32 Å². The minimum Gasteiger partial charge on any atom is -0.394 e. The van der Waals surface area contributed by atoms with E-state index in [1.165, 1.54) is 0 Å². The summed E-state index contributed by atoms with van der Waals surface area (Å²) in [5.41, 5.74) is 1.11. The first-order valence-corrected chi connectivity index (χ1v) is 5.17. The standard InChI is InChI=1S/C10H14BrNO/c1-2-12-10(7-13)8-4-3-5-9(11)6-8/h3-6,10,12-13H,2,7H2,1H3. The minimum atomic E-state index is 0.0440. The molecule has 3 heteroatoms. The fourth-order valence-electron chi connectivity index (χ4n) is 1.26. The van der Waals surface area contributed by atoms with E-state index in [4.69, 9.17) is 5.11 Å². The molecule has 0 heterocycles. The van der Waals surface area contributed by atoms with E-state index in [0.717, 1.165) is 16.6 Å². The maximum Gasteiger partial charge on any atom is 0.0626 e. The largest absolute Gasteiger partial charge is 0.394 e. The molecule has 2 nitrogen and oxygen atoms in total. The minimum absolute atomic E-state index is 0.0440. The molecule has 1 aromatic rings. The third-order valence-corrected chi connectivity index (χ3v) is 2.38. The summed E-state index contributed by atoms with van der Waals surface area (Å²) in [6, 6.07) is 8.02. The van der Waals surface area contributed by atoms with E-state index < -0.39 is 0 Å². The Kier molecular flexibility index (Phi) is 4.42. The number of aliphatic hydroxyl groups excluding tert-OH is 1. The maximum atomic E-state index is 9.12. The smallest absolute Gasteiger partial charge is 0.0626 e. The first kappa shape index (κ1) is 10.7. The molecule has 1 unspecified atom stereocenters. The number of benzene rings is 1. The monoisotopic (exact) mass is 243 g/mol. The van der Waals surface area contributed by atoms with Crippen LogP contribution in [0.3, 0.4) is 0 Å². The zero-order valence-electron chi connectivity index (χ0n) is 7.63. The Morgan fingerprint density at radius 2 is 2.31 bits per heavy atom. The van der Waals surface area contributed by atoms with Gasteiger partial charge in [0.15, 0.2) is 0 Å². The Balaban J connectivity index is 2.78. The lowest BCUT2D eigenvalue weighted by Gasteiger charge is -2.15. The summed E-state index contributed by atoms with van der Waals surface area (Å²) in [6.45, 7) is 3.02. The van der Waals surface area contributed by atoms with Crippen molar-refractivity contribution >= 4 is 15.9 Å². The number of hydrogen-bond donors (Lipinski definition) is 2. The normalized spacial score (nSPS) is 12.8. The first-order valence-electron chi connectivity index (χ1n) is 4.37. The number of rotatable bonds is 4. The van der Waals surface area contributed by atoms with Gasteiger partial charge in [0.05, 0.1) is 12.6 Å². The van der Waals surface area contributed by atoms with E-state index in [-0.39, 0.29) is 12.6 Å². The highest BCUT2D eigenvalue weighted by Crippen LogP contribution is 2.17. The van der Waals surface area contributed by atoms with Gasteiger partial charge in [-0.15, -0.1) is 0 Å². The summed E-state index contributed by atoms with van der Waals surface area (Å²) < 4.78 is 1.04. The van der Waals surface area contributed by atoms with Gasteiger partial charge in [0.1, 0.15) is 0 Å². The fraction of sp³-hybridized carbons (Fsp3) is 0.400. The van der Waals surface area contributed by atoms with Crippen molar-refractivity contribution in [3.63, 3.8) is 0 Å². The number of aliphatic hydroxyl groups is 1. The highest BCUT2D eigenvalue weighted by atomic mass is 79.9. The third-order valence-electron chi connectivity index (χ3n) is 1.88. The molecule has 0 aromatic heterocycles. The molecule has 0 fully saturated rings. The van der Waals surface area contributed by atoms with E-state index in [0.29, 0.717) is 0 Å². The van der Waals surface area contributed by atoms with Gasteiger partial charge in [-0.05, 0) is 24.2 Å². The van der Waals surface area contributed by atoms with Gasteiger partial charge in [0, 0.05) is 4.47 Å². The molecule has 72 valence electrons. The molecule has 0 aliphatic rings. The Bertz CT molecular complexity index is 265. The van der Waals surface area contributed by atoms with Gasteiger partial charge in [-0.25, -0.2) is 0 Å². The Morgan fingerprint density at radius 3 is 2.85 bits per heavy atom. The van der Waals surface area contributed by atoms with Gasteiger partial charge >= 0.3 is 0 Å². The van der Waals surface area contributed by atoms with E-state index in [9.17, 15) is 0 Å². The van der Waals surface area contributed by atoms with Gasteiger partial charge in [-0.2, -0.15) is 0 Å². The number of nitrogens with one attached hydrogen (secondary N) is 1. The molecule has 0 saturated heterocycles. The van der Waals surface area contributed by atoms with E-state index in [2.05, 4.69) is 21.2 Å². The van der Waals surface area contributed by atoms with Crippen molar-refractivity contribution in [2.24, 2.45) is 0 Å². The van der Waals surface area contributed by atoms with Crippen molar-refractivity contribution in [2.75, 3.05) is 13.2 Å². The van der Waals surface area contributed by atoms with Crippen LogP contribution in [0.2, 0.25) is 0 Å². The van der Waals surface area contributed by atoms with Crippen LogP contribution >= 0.6 is 15.9 Å². The van der Waals surface area contributed by atoms with E-state index >= 15 is 0 Å². The van der Waals surface area contributed by atoms with E-state index in [1.54, 1.807) is 0 Å². The van der Waals surface area contributed by atoms with Crippen molar-refractivity contribution < 1.29 is 5.11 Å². The molecule has 0 saturated carbocycles. The number of hydrogen-bond acceptors (Lipinski definition) is 2. The van der Waals surface area contributed by atoms with Crippen molar-refractivity contribution in [3.8, 4) is 0 Å². The molecular weight excluding hydrogens is 230 g/mol. The highest BCUT2D eigenvalue weighted by molar-refractivity contribution is 9.10. The SMILES string of the molecule is CCNC(CO)c1cccc(Br)c1. The van der Waals surface area contributed by atoms with Crippen LogP contribution in [0.25, 0.3) is 0 Å². The summed E-state index contributed by atoms with van der Waals surface area (Å²) in [5, 5.41) is 12.3. The summed E-state index contributed by atoms with van der Waals surface area (Å²) >= 11 is 3.40. The van der Waals surface area contributed by atoms with Crippen LogP contribution in [0.15, 0.2) is 28.7 Å². The van der Waals surface area contributed by atoms with Gasteiger partial charge in [-0.3, -0.25) is 0 Å². The molecule has 1 rings (SSSR count). The topological polar surface area (TPSA) is 32.3 Å². The second-order valence-corrected chi connectivity index (χ2v) is 3.76. The quantitative estimate of drug-likeness (QED) is 0.850. The zero-order valence-corrected chi connectivity index (χ0v) is 9.21. The predicted molar refractivity (Wildman–Crippen MR) is 57.6 cm³/mol. The fourth-order valence-corrected chi connectivity index (χ4v) is 1.67. The van der Waals surface area contributed by atoms with Crippen LogP contribution in [0.1, 0.15) is 18.5 Å². The van der Waals surface area contributed by atoms with Gasteiger partial charge < -0.3 is 10.4 Å². The summed E-state index contributed by atoms with van der Waals surface area (Å²) in [7, 11) is 0. The van der Waals surface area contributed by atoms with Crippen LogP contribution in [0.4, 0.5) is 0 Å². The summed E-state index contributed by atoms with van der Waals surface area (Å²) in [4.78, 5) is 0. The van der Waals surface area contributed by atoms with Crippen LogP contribution in [0.5, 0.6) is 0 Å². The van der Waals surface area contributed by atoms with Crippen LogP contribution in [-0.4, -0.2) is 18.3 Å². The van der Waals surface area contributed by atoms with Gasteiger partial charge in [0.25, 0.3) is 0 Å². The Labute approximate surface area is 87.1 Å².